The van der Waals surface area contributed by atoms with Crippen molar-refractivity contribution in [3.8, 4) is 5.75 Å². The van der Waals surface area contributed by atoms with E-state index in [2.05, 4.69) is 12.2 Å². The Bertz CT molecular complexity index is 860. The van der Waals surface area contributed by atoms with Crippen LogP contribution in [0.5, 0.6) is 5.75 Å². The van der Waals surface area contributed by atoms with Crippen LogP contribution in [0.3, 0.4) is 0 Å². The van der Waals surface area contributed by atoms with Gasteiger partial charge in [-0.25, -0.2) is 4.39 Å². The third kappa shape index (κ3) is 5.95. The zero-order chi connectivity index (χ0) is 22.2. The summed E-state index contributed by atoms with van der Waals surface area (Å²) >= 11 is 0. The zero-order valence-corrected chi connectivity index (χ0v) is 18.3. The molecule has 1 fully saturated rings. The number of carbonyl (C=O) groups is 1. The summed E-state index contributed by atoms with van der Waals surface area (Å²) in [7, 11) is 1.65. The number of amides is 1. The van der Waals surface area contributed by atoms with Gasteiger partial charge in [0.25, 0.3) is 5.91 Å². The van der Waals surface area contributed by atoms with Crippen molar-refractivity contribution < 1.29 is 19.0 Å². The summed E-state index contributed by atoms with van der Waals surface area (Å²) in [4.78, 5) is 16.3. The highest BCUT2D eigenvalue weighted by Gasteiger charge is 2.24. The fraction of sp³-hybridized carbons (Fsp3) is 0.458. The van der Waals surface area contributed by atoms with Gasteiger partial charge in [-0.05, 0) is 55.3 Å². The Morgan fingerprint density at radius 3 is 2.74 bits per heavy atom. The lowest BCUT2D eigenvalue weighted by Gasteiger charge is -2.22. The summed E-state index contributed by atoms with van der Waals surface area (Å²) in [6.07, 6.45) is 2.95. The van der Waals surface area contributed by atoms with E-state index in [9.17, 15) is 9.18 Å². The number of hydrogen-bond acceptors (Lipinski definition) is 5. The van der Waals surface area contributed by atoms with Crippen LogP contribution in [0.1, 0.15) is 36.5 Å². The lowest BCUT2D eigenvalue weighted by atomic mass is 10.1. The fourth-order valence-corrected chi connectivity index (χ4v) is 3.71. The molecule has 1 unspecified atom stereocenters. The molecule has 1 atom stereocenters. The third-order valence-corrected chi connectivity index (χ3v) is 5.56. The summed E-state index contributed by atoms with van der Waals surface area (Å²) in [5, 5.41) is 12.2. The number of hydrogen-bond donors (Lipinski definition) is 2. The summed E-state index contributed by atoms with van der Waals surface area (Å²) in [6, 6.07) is 12.2. The predicted molar refractivity (Wildman–Crippen MR) is 122 cm³/mol. The van der Waals surface area contributed by atoms with E-state index in [0.29, 0.717) is 36.6 Å². The molecule has 0 bridgehead atoms. The van der Waals surface area contributed by atoms with Crippen molar-refractivity contribution in [3.63, 3.8) is 0 Å². The summed E-state index contributed by atoms with van der Waals surface area (Å²) in [5.74, 6) is 0.182. The molecule has 2 N–H and O–H groups in total. The average molecular weight is 430 g/mol. The maximum atomic E-state index is 14.9. The van der Waals surface area contributed by atoms with Gasteiger partial charge in [0.15, 0.2) is 0 Å². The highest BCUT2D eigenvalue weighted by atomic mass is 19.1. The first kappa shape index (κ1) is 23.0. The molecule has 6 nitrogen and oxygen atoms in total. The van der Waals surface area contributed by atoms with Crippen molar-refractivity contribution in [1.29, 1.82) is 0 Å². The van der Waals surface area contributed by atoms with E-state index in [1.807, 2.05) is 4.90 Å². The number of anilines is 2. The SMILES string of the molecule is CCCCOc1ccc(C(=O)N(C)c2ccc(N3CCC(NCCO)C3)c(F)c2)cc1. The van der Waals surface area contributed by atoms with Crippen LogP contribution >= 0.6 is 0 Å². The Labute approximate surface area is 183 Å². The molecular formula is C24H32FN3O3. The maximum Gasteiger partial charge on any atom is 0.258 e. The number of benzene rings is 2. The number of ether oxygens (including phenoxy) is 1. The van der Waals surface area contributed by atoms with Gasteiger partial charge < -0.3 is 25.0 Å². The molecule has 1 saturated heterocycles. The van der Waals surface area contributed by atoms with Gasteiger partial charge in [0.1, 0.15) is 11.6 Å². The standard InChI is InChI=1S/C24H32FN3O3/c1-3-4-15-31-21-8-5-18(6-9-21)24(30)27(2)20-7-10-23(22(25)16-20)28-13-11-19(17-28)26-12-14-29/h5-10,16,19,26,29H,3-4,11-15,17H2,1-2H3. The predicted octanol–water partition coefficient (Wildman–Crippen LogP) is 3.44. The Kier molecular flexibility index (Phi) is 8.26. The van der Waals surface area contributed by atoms with Crippen LogP contribution in [-0.2, 0) is 0 Å². The Morgan fingerprint density at radius 1 is 1.29 bits per heavy atom. The second kappa shape index (κ2) is 11.1. The van der Waals surface area contributed by atoms with Gasteiger partial charge in [0.05, 0.1) is 18.9 Å². The molecule has 168 valence electrons. The monoisotopic (exact) mass is 429 g/mol. The first-order valence-corrected chi connectivity index (χ1v) is 10.9. The highest BCUT2D eigenvalue weighted by molar-refractivity contribution is 6.05. The number of unbranched alkanes of at least 4 members (excludes halogenated alkanes) is 1. The van der Waals surface area contributed by atoms with Gasteiger partial charge in [-0.15, -0.1) is 0 Å². The van der Waals surface area contributed by atoms with Crippen LogP contribution in [0, 0.1) is 5.82 Å². The summed E-state index contributed by atoms with van der Waals surface area (Å²) in [5.41, 5.74) is 1.56. The number of carbonyl (C=O) groups excluding carboxylic acids is 1. The molecule has 0 aromatic heterocycles. The molecule has 1 aliphatic rings. The minimum Gasteiger partial charge on any atom is -0.494 e. The largest absolute Gasteiger partial charge is 0.494 e. The van der Waals surface area contributed by atoms with Crippen LogP contribution in [0.2, 0.25) is 0 Å². The molecule has 0 aliphatic carbocycles. The van der Waals surface area contributed by atoms with E-state index in [4.69, 9.17) is 9.84 Å². The van der Waals surface area contributed by atoms with Crippen LogP contribution in [0.4, 0.5) is 15.8 Å². The van der Waals surface area contributed by atoms with E-state index in [1.54, 1.807) is 43.4 Å². The van der Waals surface area contributed by atoms with Gasteiger partial charge in [-0.2, -0.15) is 0 Å². The van der Waals surface area contributed by atoms with E-state index in [-0.39, 0.29) is 24.4 Å². The Morgan fingerprint density at radius 2 is 2.06 bits per heavy atom. The number of halogens is 1. The zero-order valence-electron chi connectivity index (χ0n) is 18.3. The topological polar surface area (TPSA) is 65.0 Å². The summed E-state index contributed by atoms with van der Waals surface area (Å²) in [6.45, 7) is 4.84. The van der Waals surface area contributed by atoms with Crippen LogP contribution in [0.15, 0.2) is 42.5 Å². The molecule has 1 amide bonds. The molecule has 1 heterocycles. The quantitative estimate of drug-likeness (QED) is 0.567. The molecule has 7 heteroatoms. The Balaban J connectivity index is 1.63. The fourth-order valence-electron chi connectivity index (χ4n) is 3.71. The lowest BCUT2D eigenvalue weighted by molar-refractivity contribution is 0.0993. The summed E-state index contributed by atoms with van der Waals surface area (Å²) < 4.78 is 20.5. The Hall–Kier alpha value is -2.64. The van der Waals surface area contributed by atoms with Crippen molar-refractivity contribution in [2.24, 2.45) is 0 Å². The second-order valence-electron chi connectivity index (χ2n) is 7.84. The molecule has 0 spiro atoms. The van der Waals surface area contributed by atoms with E-state index < -0.39 is 0 Å². The van der Waals surface area contributed by atoms with Crippen LogP contribution in [-0.4, -0.2) is 57.0 Å². The van der Waals surface area contributed by atoms with E-state index >= 15 is 0 Å². The molecule has 0 saturated carbocycles. The molecule has 0 radical (unpaired) electrons. The lowest BCUT2D eigenvalue weighted by Crippen LogP contribution is -2.34. The number of rotatable bonds is 10. The maximum absolute atomic E-state index is 14.9. The third-order valence-electron chi connectivity index (χ3n) is 5.56. The molecule has 1 aliphatic heterocycles. The van der Waals surface area contributed by atoms with Gasteiger partial charge >= 0.3 is 0 Å². The second-order valence-corrected chi connectivity index (χ2v) is 7.84. The van der Waals surface area contributed by atoms with Gasteiger partial charge in [0.2, 0.25) is 0 Å². The van der Waals surface area contributed by atoms with Crippen molar-refractivity contribution in [2.75, 3.05) is 49.7 Å². The van der Waals surface area contributed by atoms with E-state index in [0.717, 1.165) is 31.6 Å². The van der Waals surface area contributed by atoms with Gasteiger partial charge in [-0.3, -0.25) is 4.79 Å². The first-order chi connectivity index (χ1) is 15.0. The van der Waals surface area contributed by atoms with Crippen molar-refractivity contribution >= 4 is 17.3 Å². The van der Waals surface area contributed by atoms with Crippen molar-refractivity contribution in [1.82, 2.24) is 5.32 Å². The number of nitrogens with zero attached hydrogens (tertiary/aromatic N) is 2. The minimum absolute atomic E-state index is 0.0918. The number of aliphatic hydroxyl groups excluding tert-OH is 1. The molecule has 2 aromatic carbocycles. The molecule has 2 aromatic rings. The number of nitrogens with one attached hydrogen (secondary N) is 1. The minimum atomic E-state index is -0.348. The number of aliphatic hydroxyl groups is 1. The van der Waals surface area contributed by atoms with Crippen LogP contribution < -0.4 is 19.9 Å². The van der Waals surface area contributed by atoms with Crippen LogP contribution in [0.25, 0.3) is 0 Å². The smallest absolute Gasteiger partial charge is 0.258 e. The van der Waals surface area contributed by atoms with E-state index in [1.165, 1.54) is 11.0 Å². The average Bonchev–Trinajstić information content (AvgIpc) is 3.26. The molecule has 3 rings (SSSR count). The molecular weight excluding hydrogens is 397 g/mol. The first-order valence-electron chi connectivity index (χ1n) is 10.9. The highest BCUT2D eigenvalue weighted by Crippen LogP contribution is 2.28. The molecule has 31 heavy (non-hydrogen) atoms. The normalized spacial score (nSPS) is 15.9. The van der Waals surface area contributed by atoms with Gasteiger partial charge in [0, 0.05) is 44.0 Å². The van der Waals surface area contributed by atoms with Crippen molar-refractivity contribution in [2.45, 2.75) is 32.2 Å². The van der Waals surface area contributed by atoms with Gasteiger partial charge in [-0.1, -0.05) is 13.3 Å². The van der Waals surface area contributed by atoms with Crippen molar-refractivity contribution in [3.05, 3.63) is 53.8 Å².